The van der Waals surface area contributed by atoms with E-state index in [1.54, 1.807) is 0 Å². The fourth-order valence-corrected chi connectivity index (χ4v) is 2.42. The Hall–Kier alpha value is -1.87. The number of hydrogen-bond donors (Lipinski definition) is 1. The molecule has 2 atom stereocenters. The van der Waals surface area contributed by atoms with Gasteiger partial charge in [0.2, 0.25) is 0 Å². The Balaban J connectivity index is 1.96. The molecule has 1 aliphatic heterocycles. The molecule has 92 valence electrons. The van der Waals surface area contributed by atoms with Crippen molar-refractivity contribution in [1.29, 1.82) is 0 Å². The van der Waals surface area contributed by atoms with Crippen LogP contribution in [0.25, 0.3) is 10.8 Å². The minimum atomic E-state index is -0.774. The molecule has 18 heavy (non-hydrogen) atoms. The highest BCUT2D eigenvalue weighted by atomic mass is 16.5. The first kappa shape index (κ1) is 11.2. The van der Waals surface area contributed by atoms with E-state index in [0.717, 1.165) is 16.3 Å². The van der Waals surface area contributed by atoms with E-state index in [-0.39, 0.29) is 5.97 Å². The Kier molecular flexibility index (Phi) is 2.76. The van der Waals surface area contributed by atoms with Gasteiger partial charge in [-0.1, -0.05) is 36.4 Å². The summed E-state index contributed by atoms with van der Waals surface area (Å²) in [5.74, 6) is -0.721. The summed E-state index contributed by atoms with van der Waals surface area (Å²) in [5.41, 5.74) is 0.776. The van der Waals surface area contributed by atoms with Crippen molar-refractivity contribution in [3.05, 3.63) is 48.0 Å². The van der Waals surface area contributed by atoms with Crippen LogP contribution in [-0.2, 0) is 9.53 Å². The molecule has 1 aliphatic rings. The molecule has 1 fully saturated rings. The highest BCUT2D eigenvalue weighted by molar-refractivity contribution is 5.83. The molecule has 0 saturated carbocycles. The van der Waals surface area contributed by atoms with Crippen molar-refractivity contribution in [3.63, 3.8) is 0 Å². The maximum atomic E-state index is 11.5. The highest BCUT2D eigenvalue weighted by Crippen LogP contribution is 2.31. The van der Waals surface area contributed by atoms with Crippen molar-refractivity contribution in [1.82, 2.24) is 0 Å². The summed E-state index contributed by atoms with van der Waals surface area (Å²) in [6, 6.07) is 13.7. The first-order valence-electron chi connectivity index (χ1n) is 6.09. The van der Waals surface area contributed by atoms with Gasteiger partial charge >= 0.3 is 5.97 Å². The van der Waals surface area contributed by atoms with Gasteiger partial charge in [-0.15, -0.1) is 0 Å². The average Bonchev–Trinajstić information content (AvgIpc) is 2.83. The lowest BCUT2D eigenvalue weighted by Crippen LogP contribution is -2.17. The zero-order valence-corrected chi connectivity index (χ0v) is 9.87. The van der Waals surface area contributed by atoms with Gasteiger partial charge in [-0.25, -0.2) is 0 Å². The third-order valence-electron chi connectivity index (χ3n) is 3.47. The average molecular weight is 242 g/mol. The molecular formula is C15H14O3. The number of carbonyl (C=O) groups excluding carboxylic acids is 1. The SMILES string of the molecule is O=C1OCC[C@@H]1[C@H](O)c1ccc2ccccc2c1. The van der Waals surface area contributed by atoms with Crippen LogP contribution in [0.2, 0.25) is 0 Å². The molecule has 2 aromatic rings. The molecule has 0 bridgehead atoms. The van der Waals surface area contributed by atoms with E-state index < -0.39 is 12.0 Å². The molecule has 0 unspecified atom stereocenters. The van der Waals surface area contributed by atoms with Gasteiger partial charge in [0.15, 0.2) is 0 Å². The van der Waals surface area contributed by atoms with Gasteiger partial charge in [-0.05, 0) is 28.8 Å². The number of fused-ring (bicyclic) bond motifs is 1. The Morgan fingerprint density at radius 2 is 1.94 bits per heavy atom. The van der Waals surface area contributed by atoms with Crippen molar-refractivity contribution in [2.75, 3.05) is 6.61 Å². The Labute approximate surface area is 105 Å². The lowest BCUT2D eigenvalue weighted by molar-refractivity contribution is -0.144. The van der Waals surface area contributed by atoms with Gasteiger partial charge in [-0.2, -0.15) is 0 Å². The predicted octanol–water partition coefficient (Wildman–Crippen LogP) is 2.44. The van der Waals surface area contributed by atoms with E-state index in [9.17, 15) is 9.90 Å². The summed E-state index contributed by atoms with van der Waals surface area (Å²) in [6.45, 7) is 0.411. The smallest absolute Gasteiger partial charge is 0.312 e. The number of aliphatic hydroxyl groups is 1. The largest absolute Gasteiger partial charge is 0.465 e. The number of aliphatic hydroxyl groups excluding tert-OH is 1. The number of benzene rings is 2. The molecule has 0 amide bonds. The number of cyclic esters (lactones) is 1. The molecule has 1 N–H and O–H groups in total. The van der Waals surface area contributed by atoms with Crippen LogP contribution in [0.1, 0.15) is 18.1 Å². The molecular weight excluding hydrogens is 228 g/mol. The lowest BCUT2D eigenvalue weighted by Gasteiger charge is -2.15. The van der Waals surface area contributed by atoms with Crippen LogP contribution in [0, 0.1) is 5.92 Å². The van der Waals surface area contributed by atoms with Crippen LogP contribution in [0.15, 0.2) is 42.5 Å². The van der Waals surface area contributed by atoms with Crippen LogP contribution in [0.5, 0.6) is 0 Å². The van der Waals surface area contributed by atoms with Gasteiger partial charge in [0, 0.05) is 0 Å². The van der Waals surface area contributed by atoms with Gasteiger partial charge < -0.3 is 9.84 Å². The zero-order valence-electron chi connectivity index (χ0n) is 9.87. The monoisotopic (exact) mass is 242 g/mol. The van der Waals surface area contributed by atoms with Crippen molar-refractivity contribution >= 4 is 16.7 Å². The van der Waals surface area contributed by atoms with Gasteiger partial charge in [0.1, 0.15) is 0 Å². The third-order valence-corrected chi connectivity index (χ3v) is 3.47. The van der Waals surface area contributed by atoms with Gasteiger partial charge in [-0.3, -0.25) is 4.79 Å². The summed E-state index contributed by atoms with van der Waals surface area (Å²) < 4.78 is 4.90. The Bertz CT molecular complexity index is 591. The summed E-state index contributed by atoms with van der Waals surface area (Å²) in [5, 5.41) is 12.4. The minimum absolute atomic E-state index is 0.296. The van der Waals surface area contributed by atoms with Crippen molar-refractivity contribution in [2.24, 2.45) is 5.92 Å². The highest BCUT2D eigenvalue weighted by Gasteiger charge is 2.33. The molecule has 3 heteroatoms. The number of hydrogen-bond acceptors (Lipinski definition) is 3. The summed E-state index contributed by atoms with van der Waals surface area (Å²) in [4.78, 5) is 11.5. The Morgan fingerprint density at radius 1 is 1.17 bits per heavy atom. The second kappa shape index (κ2) is 4.42. The van der Waals surface area contributed by atoms with Crippen molar-refractivity contribution in [3.8, 4) is 0 Å². The van der Waals surface area contributed by atoms with Crippen molar-refractivity contribution in [2.45, 2.75) is 12.5 Å². The van der Waals surface area contributed by atoms with E-state index in [2.05, 4.69) is 0 Å². The van der Waals surface area contributed by atoms with Gasteiger partial charge in [0.05, 0.1) is 18.6 Å². The van der Waals surface area contributed by atoms with E-state index in [1.165, 1.54) is 0 Å². The first-order chi connectivity index (χ1) is 8.75. The topological polar surface area (TPSA) is 46.5 Å². The zero-order chi connectivity index (χ0) is 12.5. The fourth-order valence-electron chi connectivity index (χ4n) is 2.42. The van der Waals surface area contributed by atoms with Gasteiger partial charge in [0.25, 0.3) is 0 Å². The predicted molar refractivity (Wildman–Crippen MR) is 68.0 cm³/mol. The number of esters is 1. The maximum Gasteiger partial charge on any atom is 0.312 e. The molecule has 1 heterocycles. The van der Waals surface area contributed by atoms with Crippen LogP contribution in [-0.4, -0.2) is 17.7 Å². The van der Waals surface area contributed by atoms with Crippen LogP contribution >= 0.6 is 0 Å². The maximum absolute atomic E-state index is 11.5. The molecule has 0 aromatic heterocycles. The standard InChI is InChI=1S/C15H14O3/c16-14(13-7-8-18-15(13)17)12-6-5-10-3-1-2-4-11(10)9-12/h1-6,9,13-14,16H,7-8H2/t13-,14-/m1/s1. The molecule has 2 aromatic carbocycles. The second-order valence-electron chi connectivity index (χ2n) is 4.61. The molecule has 3 nitrogen and oxygen atoms in total. The lowest BCUT2D eigenvalue weighted by atomic mass is 9.93. The minimum Gasteiger partial charge on any atom is -0.465 e. The van der Waals surface area contributed by atoms with Crippen LogP contribution < -0.4 is 0 Å². The normalized spacial score (nSPS) is 20.9. The summed E-state index contributed by atoms with van der Waals surface area (Å²) in [7, 11) is 0. The molecule has 1 saturated heterocycles. The van der Waals surface area contributed by atoms with Crippen molar-refractivity contribution < 1.29 is 14.6 Å². The van der Waals surface area contributed by atoms with E-state index >= 15 is 0 Å². The molecule has 0 aliphatic carbocycles. The van der Waals surface area contributed by atoms with Crippen LogP contribution in [0.3, 0.4) is 0 Å². The second-order valence-corrected chi connectivity index (χ2v) is 4.61. The van der Waals surface area contributed by atoms with E-state index in [0.29, 0.717) is 13.0 Å². The van der Waals surface area contributed by atoms with E-state index in [1.807, 2.05) is 42.5 Å². The third kappa shape index (κ3) is 1.87. The first-order valence-corrected chi connectivity index (χ1v) is 6.09. The number of carbonyl (C=O) groups is 1. The number of ether oxygens (including phenoxy) is 1. The Morgan fingerprint density at radius 3 is 2.67 bits per heavy atom. The molecule has 3 rings (SSSR count). The van der Waals surface area contributed by atoms with E-state index in [4.69, 9.17) is 4.74 Å². The quantitative estimate of drug-likeness (QED) is 0.823. The number of rotatable bonds is 2. The summed E-state index contributed by atoms with van der Waals surface area (Å²) >= 11 is 0. The fraction of sp³-hybridized carbons (Fsp3) is 0.267. The van der Waals surface area contributed by atoms with Crippen LogP contribution in [0.4, 0.5) is 0 Å². The molecule has 0 radical (unpaired) electrons. The summed E-state index contributed by atoms with van der Waals surface area (Å²) in [6.07, 6.45) is -0.183. The molecule has 0 spiro atoms.